The van der Waals surface area contributed by atoms with Crippen molar-refractivity contribution in [3.63, 3.8) is 0 Å². The first kappa shape index (κ1) is 20.3. The molecule has 2 N–H and O–H groups in total. The van der Waals surface area contributed by atoms with E-state index in [1.165, 1.54) is 5.57 Å². The molecule has 4 rings (SSSR count). The quantitative estimate of drug-likeness (QED) is 0.672. The number of Topliss-reactive ketones (excluding diaryl/α,β-unsaturated/α-hetero) is 2. The monoisotopic (exact) mass is 388 g/mol. The van der Waals surface area contributed by atoms with E-state index in [0.29, 0.717) is 12.8 Å². The van der Waals surface area contributed by atoms with Crippen LogP contribution in [0.1, 0.15) is 73.6 Å². The summed E-state index contributed by atoms with van der Waals surface area (Å²) in [5.74, 6) is 0.0581. The highest BCUT2D eigenvalue weighted by Gasteiger charge is 2.72. The lowest BCUT2D eigenvalue weighted by atomic mass is 9.39. The Morgan fingerprint density at radius 1 is 1.07 bits per heavy atom. The van der Waals surface area contributed by atoms with Gasteiger partial charge in [-0.15, -0.1) is 0 Å². The molecule has 3 saturated carbocycles. The van der Waals surface area contributed by atoms with E-state index in [1.54, 1.807) is 6.92 Å². The van der Waals surface area contributed by atoms with E-state index >= 15 is 0 Å². The number of hydrogen-bond donors (Lipinski definition) is 2. The number of aliphatic hydroxyl groups excluding tert-OH is 2. The lowest BCUT2D eigenvalue weighted by Crippen LogP contribution is -2.63. The van der Waals surface area contributed by atoms with E-state index in [2.05, 4.69) is 40.7 Å². The van der Waals surface area contributed by atoms with Gasteiger partial charge in [0.2, 0.25) is 0 Å². The van der Waals surface area contributed by atoms with Crippen LogP contribution in [0.15, 0.2) is 11.6 Å². The molecule has 156 valence electrons. The van der Waals surface area contributed by atoms with Crippen molar-refractivity contribution in [2.45, 2.75) is 85.9 Å². The summed E-state index contributed by atoms with van der Waals surface area (Å²) in [5.41, 5.74) is -0.300. The molecule has 4 heteroatoms. The highest BCUT2D eigenvalue weighted by atomic mass is 16.3. The SMILES string of the molecule is CC(=O)C1C(O)CC2(C)C3CC=C4C(CCC(O)C4(C)C)C3(C)C(=O)CC12C. The Morgan fingerprint density at radius 2 is 1.71 bits per heavy atom. The Balaban J connectivity index is 1.86. The molecule has 4 nitrogen and oxygen atoms in total. The highest BCUT2D eigenvalue weighted by Crippen LogP contribution is 2.73. The van der Waals surface area contributed by atoms with E-state index in [9.17, 15) is 19.8 Å². The van der Waals surface area contributed by atoms with Gasteiger partial charge in [-0.3, -0.25) is 9.59 Å². The normalized spacial score (nSPS) is 52.4. The summed E-state index contributed by atoms with van der Waals surface area (Å²) in [5, 5.41) is 21.4. The third-order valence-electron chi connectivity index (χ3n) is 10.0. The first-order valence-electron chi connectivity index (χ1n) is 10.9. The van der Waals surface area contributed by atoms with Crippen molar-refractivity contribution >= 4 is 11.6 Å². The number of hydrogen-bond acceptors (Lipinski definition) is 4. The van der Waals surface area contributed by atoms with Crippen molar-refractivity contribution in [1.82, 2.24) is 0 Å². The maximum absolute atomic E-state index is 13.8. The molecular formula is C24H36O4. The van der Waals surface area contributed by atoms with Crippen molar-refractivity contribution in [3.05, 3.63) is 11.6 Å². The molecule has 3 fully saturated rings. The van der Waals surface area contributed by atoms with Gasteiger partial charge in [0, 0.05) is 23.2 Å². The molecule has 4 aliphatic carbocycles. The Labute approximate surface area is 168 Å². The minimum atomic E-state index is -0.669. The highest BCUT2D eigenvalue weighted by molar-refractivity contribution is 5.90. The Hall–Kier alpha value is -1.00. The second kappa shape index (κ2) is 5.78. The number of fused-ring (bicyclic) bond motifs is 5. The molecule has 0 spiro atoms. The van der Waals surface area contributed by atoms with Gasteiger partial charge in [0.25, 0.3) is 0 Å². The van der Waals surface area contributed by atoms with Crippen LogP contribution >= 0.6 is 0 Å². The average Bonchev–Trinajstić information content (AvgIpc) is 2.77. The van der Waals surface area contributed by atoms with E-state index in [-0.39, 0.29) is 40.3 Å². The maximum atomic E-state index is 13.8. The van der Waals surface area contributed by atoms with Crippen LogP contribution in [0, 0.1) is 39.4 Å². The first-order chi connectivity index (χ1) is 12.8. The summed E-state index contributed by atoms with van der Waals surface area (Å²) < 4.78 is 0. The van der Waals surface area contributed by atoms with Crippen molar-refractivity contribution < 1.29 is 19.8 Å². The molecule has 0 bridgehead atoms. The molecule has 0 heterocycles. The summed E-state index contributed by atoms with van der Waals surface area (Å²) in [6, 6.07) is 0. The van der Waals surface area contributed by atoms with Crippen molar-refractivity contribution in [1.29, 1.82) is 0 Å². The number of carbonyl (C=O) groups excluding carboxylic acids is 2. The van der Waals surface area contributed by atoms with Crippen molar-refractivity contribution in [2.24, 2.45) is 39.4 Å². The lowest BCUT2D eigenvalue weighted by Gasteiger charge is -2.64. The van der Waals surface area contributed by atoms with Crippen molar-refractivity contribution in [3.8, 4) is 0 Å². The van der Waals surface area contributed by atoms with Gasteiger partial charge >= 0.3 is 0 Å². The zero-order valence-electron chi connectivity index (χ0n) is 18.2. The topological polar surface area (TPSA) is 74.6 Å². The van der Waals surface area contributed by atoms with Crippen LogP contribution in [-0.4, -0.2) is 34.0 Å². The summed E-state index contributed by atoms with van der Waals surface area (Å²) in [4.78, 5) is 26.2. The Bertz CT molecular complexity index is 767. The van der Waals surface area contributed by atoms with Crippen LogP contribution in [0.4, 0.5) is 0 Å². The van der Waals surface area contributed by atoms with Crippen LogP contribution in [0.25, 0.3) is 0 Å². The lowest BCUT2D eigenvalue weighted by molar-refractivity contribution is -0.171. The predicted molar refractivity (Wildman–Crippen MR) is 107 cm³/mol. The maximum Gasteiger partial charge on any atom is 0.140 e. The third kappa shape index (κ3) is 2.14. The zero-order valence-corrected chi connectivity index (χ0v) is 18.2. The molecule has 0 amide bonds. The van der Waals surface area contributed by atoms with Gasteiger partial charge in [0.05, 0.1) is 12.2 Å². The second-order valence-corrected chi connectivity index (χ2v) is 11.4. The molecule has 4 aliphatic rings. The van der Waals surface area contributed by atoms with Crippen LogP contribution in [-0.2, 0) is 9.59 Å². The van der Waals surface area contributed by atoms with E-state index in [4.69, 9.17) is 0 Å². The van der Waals surface area contributed by atoms with Gasteiger partial charge in [-0.1, -0.05) is 46.3 Å². The van der Waals surface area contributed by atoms with Crippen LogP contribution < -0.4 is 0 Å². The summed E-state index contributed by atoms with van der Waals surface area (Å²) in [7, 11) is 0. The fourth-order valence-electron chi connectivity index (χ4n) is 8.21. The van der Waals surface area contributed by atoms with E-state index in [0.717, 1.165) is 19.3 Å². The second-order valence-electron chi connectivity index (χ2n) is 11.4. The fourth-order valence-corrected chi connectivity index (χ4v) is 8.21. The van der Waals surface area contributed by atoms with Crippen LogP contribution in [0.2, 0.25) is 0 Å². The van der Waals surface area contributed by atoms with Gasteiger partial charge in [0.15, 0.2) is 0 Å². The fraction of sp³-hybridized carbons (Fsp3) is 0.833. The average molecular weight is 389 g/mol. The van der Waals surface area contributed by atoms with Gasteiger partial charge < -0.3 is 10.2 Å². The van der Waals surface area contributed by atoms with Crippen molar-refractivity contribution in [2.75, 3.05) is 0 Å². The standard InChI is InChI=1S/C24H36O4/c1-13(25)20-16(26)11-22(4)17-9-7-14-15(8-10-18(27)21(14,2)3)24(17,6)19(28)12-23(20,22)5/h7,15-18,20,26-27H,8-12H2,1-6H3. The molecule has 0 aromatic rings. The molecule has 28 heavy (non-hydrogen) atoms. The summed E-state index contributed by atoms with van der Waals surface area (Å²) >= 11 is 0. The number of allylic oxidation sites excluding steroid dienone is 1. The Morgan fingerprint density at radius 3 is 2.32 bits per heavy atom. The van der Waals surface area contributed by atoms with Gasteiger partial charge in [-0.25, -0.2) is 0 Å². The number of ketones is 2. The predicted octanol–water partition coefficient (Wildman–Crippen LogP) is 3.69. The summed E-state index contributed by atoms with van der Waals surface area (Å²) in [6.45, 7) is 12.2. The van der Waals surface area contributed by atoms with Crippen LogP contribution in [0.5, 0.6) is 0 Å². The zero-order chi connectivity index (χ0) is 20.9. The van der Waals surface area contributed by atoms with Gasteiger partial charge in [-0.2, -0.15) is 0 Å². The number of carbonyl (C=O) groups is 2. The first-order valence-corrected chi connectivity index (χ1v) is 10.9. The molecule has 8 unspecified atom stereocenters. The number of rotatable bonds is 1. The van der Waals surface area contributed by atoms with Gasteiger partial charge in [0.1, 0.15) is 11.6 Å². The molecule has 8 atom stereocenters. The molecule has 0 aliphatic heterocycles. The molecule has 0 aromatic heterocycles. The smallest absolute Gasteiger partial charge is 0.140 e. The number of aliphatic hydroxyl groups is 2. The van der Waals surface area contributed by atoms with Gasteiger partial charge in [-0.05, 0) is 55.3 Å². The minimum Gasteiger partial charge on any atom is -0.392 e. The minimum absolute atomic E-state index is 0.00379. The molecule has 0 radical (unpaired) electrons. The molecule has 0 saturated heterocycles. The van der Waals surface area contributed by atoms with E-state index in [1.807, 2.05) is 0 Å². The third-order valence-corrected chi connectivity index (χ3v) is 10.0. The molecular weight excluding hydrogens is 352 g/mol. The van der Waals surface area contributed by atoms with E-state index < -0.39 is 22.9 Å². The summed E-state index contributed by atoms with van der Waals surface area (Å²) in [6.07, 6.45) is 4.54. The molecule has 0 aromatic carbocycles. The Kier molecular flexibility index (Phi) is 4.19. The van der Waals surface area contributed by atoms with Crippen LogP contribution in [0.3, 0.4) is 0 Å². The largest absolute Gasteiger partial charge is 0.392 e.